The fraction of sp³-hybridized carbons (Fsp3) is 0.480. The molecule has 1 aromatic carbocycles. The number of rotatable bonds is 12. The van der Waals surface area contributed by atoms with Gasteiger partial charge in [-0.2, -0.15) is 0 Å². The lowest BCUT2D eigenvalue weighted by atomic mass is 10.1. The molecule has 0 saturated carbocycles. The maximum Gasteiger partial charge on any atom is 0.303 e. The van der Waals surface area contributed by atoms with E-state index >= 15 is 0 Å². The molecule has 11 nitrogen and oxygen atoms in total. The number of esters is 2. The third-order valence-electron chi connectivity index (χ3n) is 5.46. The number of carbonyl (C=O) groups is 2. The molecule has 0 aliphatic carbocycles. The maximum absolute atomic E-state index is 11.3. The number of hydrogen-bond acceptors (Lipinski definition) is 10. The summed E-state index contributed by atoms with van der Waals surface area (Å²) in [6.07, 6.45) is 5.73. The highest BCUT2D eigenvalue weighted by atomic mass is 16.6. The standard InChI is InChI=1S/C25H32N4O7/c1-17(23-14-29(28-27-23)21(15-30)13-20-7-5-4-6-8-20)36-26-12-11-22-9-10-24(34-19(3)32)25(35-22)16-33-18(2)31/h4-10,12,14,17,21-22,24-25,30H,11,13,15-16H2,1-3H3/b26-12+/t17-,21-,22-,24-,25+/m0/s1. The minimum Gasteiger partial charge on any atom is -0.463 e. The van der Waals surface area contributed by atoms with Crippen molar-refractivity contribution in [1.29, 1.82) is 0 Å². The summed E-state index contributed by atoms with van der Waals surface area (Å²) in [5.41, 5.74) is 1.67. The third-order valence-corrected chi connectivity index (χ3v) is 5.46. The van der Waals surface area contributed by atoms with E-state index in [1.807, 2.05) is 30.3 Å². The summed E-state index contributed by atoms with van der Waals surface area (Å²) in [4.78, 5) is 28.0. The third kappa shape index (κ3) is 8.28. The molecular weight excluding hydrogens is 468 g/mol. The zero-order chi connectivity index (χ0) is 25.9. The maximum atomic E-state index is 11.3. The normalized spacial score (nSPS) is 21.2. The van der Waals surface area contributed by atoms with Crippen LogP contribution in [0.2, 0.25) is 0 Å². The molecule has 2 heterocycles. The van der Waals surface area contributed by atoms with Crippen LogP contribution in [0, 0.1) is 0 Å². The van der Waals surface area contributed by atoms with Crippen LogP contribution in [0.4, 0.5) is 0 Å². The van der Waals surface area contributed by atoms with Crippen molar-refractivity contribution in [3.05, 3.63) is 59.9 Å². The molecule has 3 rings (SSSR count). The molecule has 194 valence electrons. The van der Waals surface area contributed by atoms with Crippen molar-refractivity contribution < 1.29 is 33.7 Å². The molecule has 36 heavy (non-hydrogen) atoms. The van der Waals surface area contributed by atoms with Gasteiger partial charge < -0.3 is 24.2 Å². The van der Waals surface area contributed by atoms with Crippen molar-refractivity contribution in [2.45, 2.75) is 64.1 Å². The van der Waals surface area contributed by atoms with Crippen LogP contribution >= 0.6 is 0 Å². The fourth-order valence-electron chi connectivity index (χ4n) is 3.60. The molecular formula is C25H32N4O7. The molecule has 1 aliphatic rings. The summed E-state index contributed by atoms with van der Waals surface area (Å²) in [5, 5.41) is 22.1. The number of nitrogens with zero attached hydrogens (tertiary/aromatic N) is 4. The number of aliphatic hydroxyl groups excluding tert-OH is 1. The highest BCUT2D eigenvalue weighted by molar-refractivity contribution is 5.67. The van der Waals surface area contributed by atoms with Crippen LogP contribution in [0.25, 0.3) is 0 Å². The van der Waals surface area contributed by atoms with Gasteiger partial charge in [0.1, 0.15) is 24.5 Å². The van der Waals surface area contributed by atoms with E-state index in [0.717, 1.165) is 5.56 Å². The first kappa shape index (κ1) is 27.0. The Kier molecular flexibility index (Phi) is 10.1. The molecule has 0 fully saturated rings. The van der Waals surface area contributed by atoms with Crippen molar-refractivity contribution in [2.75, 3.05) is 13.2 Å². The van der Waals surface area contributed by atoms with Crippen molar-refractivity contribution in [2.24, 2.45) is 5.16 Å². The van der Waals surface area contributed by atoms with E-state index in [4.69, 9.17) is 19.0 Å². The Hall–Kier alpha value is -3.57. The highest BCUT2D eigenvalue weighted by Gasteiger charge is 2.30. The fourth-order valence-corrected chi connectivity index (χ4v) is 3.60. The Bertz CT molecular complexity index is 1040. The van der Waals surface area contributed by atoms with Crippen LogP contribution in [0.1, 0.15) is 50.6 Å². The number of benzene rings is 1. The molecule has 1 aliphatic heterocycles. The SMILES string of the molecule is CC(=O)OC[C@H]1O[C@H](C/C=N/O[C@@H](C)c2cn([C@H](CO)Cc3ccccc3)nn2)C=C[C@@H]1OC(C)=O. The topological polar surface area (TPSA) is 134 Å². The quantitative estimate of drug-likeness (QED) is 0.202. The van der Waals surface area contributed by atoms with Gasteiger partial charge in [-0.25, -0.2) is 4.68 Å². The summed E-state index contributed by atoms with van der Waals surface area (Å²) in [7, 11) is 0. The van der Waals surface area contributed by atoms with E-state index in [0.29, 0.717) is 18.5 Å². The lowest BCUT2D eigenvalue weighted by Gasteiger charge is -2.31. The van der Waals surface area contributed by atoms with E-state index in [-0.39, 0.29) is 25.4 Å². The van der Waals surface area contributed by atoms with Crippen LogP contribution in [-0.4, -0.2) is 69.8 Å². The predicted molar refractivity (Wildman–Crippen MR) is 129 cm³/mol. The zero-order valence-electron chi connectivity index (χ0n) is 20.6. The van der Waals surface area contributed by atoms with Gasteiger partial charge in [0, 0.05) is 26.5 Å². The minimum absolute atomic E-state index is 0.0342. The Morgan fingerprint density at radius 1 is 1.22 bits per heavy atom. The van der Waals surface area contributed by atoms with Crippen LogP contribution in [0.5, 0.6) is 0 Å². The van der Waals surface area contributed by atoms with E-state index in [1.165, 1.54) is 13.8 Å². The lowest BCUT2D eigenvalue weighted by molar-refractivity contribution is -0.163. The average molecular weight is 501 g/mol. The minimum atomic E-state index is -0.640. The van der Waals surface area contributed by atoms with Crippen LogP contribution < -0.4 is 0 Å². The molecule has 11 heteroatoms. The average Bonchev–Trinajstić information content (AvgIpc) is 3.35. The summed E-state index contributed by atoms with van der Waals surface area (Å²) in [6, 6.07) is 9.62. The summed E-state index contributed by atoms with van der Waals surface area (Å²) in [5.74, 6) is -0.900. The number of carbonyl (C=O) groups excluding carboxylic acids is 2. The van der Waals surface area contributed by atoms with Crippen molar-refractivity contribution >= 4 is 18.2 Å². The second-order valence-electron chi connectivity index (χ2n) is 8.40. The van der Waals surface area contributed by atoms with Gasteiger partial charge in [-0.15, -0.1) is 5.10 Å². The van der Waals surface area contributed by atoms with Gasteiger partial charge in [-0.1, -0.05) is 46.8 Å². The van der Waals surface area contributed by atoms with Crippen molar-refractivity contribution in [3.8, 4) is 0 Å². The smallest absolute Gasteiger partial charge is 0.303 e. The number of aliphatic hydroxyl groups is 1. The largest absolute Gasteiger partial charge is 0.463 e. The van der Waals surface area contributed by atoms with Gasteiger partial charge in [-0.3, -0.25) is 9.59 Å². The van der Waals surface area contributed by atoms with Crippen molar-refractivity contribution in [1.82, 2.24) is 15.0 Å². The first-order valence-corrected chi connectivity index (χ1v) is 11.7. The van der Waals surface area contributed by atoms with Gasteiger partial charge in [0.25, 0.3) is 0 Å². The molecule has 1 N–H and O–H groups in total. The highest BCUT2D eigenvalue weighted by Crippen LogP contribution is 2.20. The monoisotopic (exact) mass is 500 g/mol. The molecule has 2 aromatic rings. The van der Waals surface area contributed by atoms with E-state index < -0.39 is 30.3 Å². The molecule has 5 atom stereocenters. The van der Waals surface area contributed by atoms with Crippen LogP contribution in [0.15, 0.2) is 53.8 Å². The second kappa shape index (κ2) is 13.5. The van der Waals surface area contributed by atoms with Gasteiger partial charge in [0.05, 0.1) is 24.9 Å². The van der Waals surface area contributed by atoms with Gasteiger partial charge in [-0.05, 0) is 25.0 Å². The van der Waals surface area contributed by atoms with E-state index in [9.17, 15) is 14.7 Å². The van der Waals surface area contributed by atoms with Crippen LogP contribution in [0.3, 0.4) is 0 Å². The molecule has 1 aromatic heterocycles. The van der Waals surface area contributed by atoms with E-state index in [1.54, 1.807) is 36.2 Å². The second-order valence-corrected chi connectivity index (χ2v) is 8.40. The number of oxime groups is 1. The van der Waals surface area contributed by atoms with Crippen molar-refractivity contribution in [3.63, 3.8) is 0 Å². The van der Waals surface area contributed by atoms with Gasteiger partial charge in [0.2, 0.25) is 0 Å². The van der Waals surface area contributed by atoms with Gasteiger partial charge in [0.15, 0.2) is 6.10 Å². The number of aromatic nitrogens is 3. The summed E-state index contributed by atoms with van der Waals surface area (Å²) >= 11 is 0. The summed E-state index contributed by atoms with van der Waals surface area (Å²) in [6.45, 7) is 4.30. The molecule has 0 bridgehead atoms. The Morgan fingerprint density at radius 3 is 2.69 bits per heavy atom. The first-order chi connectivity index (χ1) is 17.4. The van der Waals surface area contributed by atoms with Crippen LogP contribution in [-0.2, 0) is 35.1 Å². The molecule has 0 spiro atoms. The Morgan fingerprint density at radius 2 is 2.00 bits per heavy atom. The Labute approximate surface area is 209 Å². The Balaban J connectivity index is 1.51. The number of hydrogen-bond donors (Lipinski definition) is 1. The molecule has 0 radical (unpaired) electrons. The summed E-state index contributed by atoms with van der Waals surface area (Å²) < 4.78 is 17.8. The molecule has 0 unspecified atom stereocenters. The van der Waals surface area contributed by atoms with E-state index in [2.05, 4.69) is 15.5 Å². The predicted octanol–water partition coefficient (Wildman–Crippen LogP) is 2.33. The molecule has 0 amide bonds. The number of ether oxygens (including phenoxy) is 3. The zero-order valence-corrected chi connectivity index (χ0v) is 20.6. The van der Waals surface area contributed by atoms with Gasteiger partial charge >= 0.3 is 11.9 Å². The lowest BCUT2D eigenvalue weighted by Crippen LogP contribution is -2.41. The first-order valence-electron chi connectivity index (χ1n) is 11.7. The molecule has 0 saturated heterocycles.